The van der Waals surface area contributed by atoms with E-state index in [1.54, 1.807) is 0 Å². The van der Waals surface area contributed by atoms with Gasteiger partial charge in [0.05, 0.1) is 12.7 Å². The van der Waals surface area contributed by atoms with Gasteiger partial charge in [-0.2, -0.15) is 0 Å². The van der Waals surface area contributed by atoms with E-state index in [-0.39, 0.29) is 11.9 Å². The Hall–Kier alpha value is -1.36. The van der Waals surface area contributed by atoms with Crippen LogP contribution in [0, 0.1) is 0 Å². The predicted octanol–water partition coefficient (Wildman–Crippen LogP) is 3.15. The van der Waals surface area contributed by atoms with Gasteiger partial charge in [0.1, 0.15) is 5.00 Å². The van der Waals surface area contributed by atoms with Gasteiger partial charge in [0.15, 0.2) is 0 Å². The Morgan fingerprint density at radius 3 is 2.47 bits per heavy atom. The van der Waals surface area contributed by atoms with Crippen LogP contribution in [0.4, 0.5) is 5.00 Å². The maximum atomic E-state index is 12.0. The monoisotopic (exact) mass is 281 g/mol. The van der Waals surface area contributed by atoms with Crippen molar-refractivity contribution in [3.8, 4) is 0 Å². The molecule has 0 saturated carbocycles. The van der Waals surface area contributed by atoms with E-state index in [0.717, 1.165) is 31.2 Å². The minimum Gasteiger partial charge on any atom is -0.465 e. The number of ether oxygens (including phenoxy) is 1. The first-order valence-corrected chi connectivity index (χ1v) is 7.45. The number of methoxy groups -OCH3 is 1. The fourth-order valence-electron chi connectivity index (χ4n) is 2.49. The number of anilines is 1. The normalized spacial score (nSPS) is 15.1. The van der Waals surface area contributed by atoms with Crippen molar-refractivity contribution >= 4 is 28.2 Å². The second kappa shape index (κ2) is 6.19. The van der Waals surface area contributed by atoms with E-state index < -0.39 is 0 Å². The van der Waals surface area contributed by atoms with Crippen LogP contribution in [0.15, 0.2) is 0 Å². The number of carbonyl (C=O) groups excluding carboxylic acids is 2. The summed E-state index contributed by atoms with van der Waals surface area (Å²) in [6.45, 7) is 1.46. The molecule has 1 amide bonds. The number of hydrogen-bond donors (Lipinski definition) is 1. The summed E-state index contributed by atoms with van der Waals surface area (Å²) in [6, 6.07) is 0. The molecule has 5 heteroatoms. The molecule has 1 heterocycles. The van der Waals surface area contributed by atoms with E-state index >= 15 is 0 Å². The molecule has 2 rings (SSSR count). The number of amides is 1. The molecular formula is C14H19NO3S. The summed E-state index contributed by atoms with van der Waals surface area (Å²) in [5, 5.41) is 3.41. The first kappa shape index (κ1) is 14.1. The van der Waals surface area contributed by atoms with E-state index in [9.17, 15) is 9.59 Å². The molecule has 0 aromatic carbocycles. The number of rotatable bonds is 2. The van der Waals surface area contributed by atoms with Crippen LogP contribution in [0.2, 0.25) is 0 Å². The number of thiophene rings is 1. The molecule has 0 bridgehead atoms. The van der Waals surface area contributed by atoms with Gasteiger partial charge >= 0.3 is 5.97 Å². The highest BCUT2D eigenvalue weighted by molar-refractivity contribution is 7.17. The van der Waals surface area contributed by atoms with Crippen LogP contribution < -0.4 is 5.32 Å². The smallest absolute Gasteiger partial charge is 0.341 e. The summed E-state index contributed by atoms with van der Waals surface area (Å²) >= 11 is 1.52. The minimum atomic E-state index is -0.346. The standard InChI is InChI=1S/C14H19NO3S/c1-9(16)15-13-12(14(17)18-2)10-7-5-3-4-6-8-11(10)19-13/h3-8H2,1-2H3,(H,15,16). The molecule has 1 aliphatic rings. The fourth-order valence-corrected chi connectivity index (χ4v) is 3.81. The quantitative estimate of drug-likeness (QED) is 0.847. The SMILES string of the molecule is COC(=O)c1c(NC(C)=O)sc2c1CCCCCC2. The Morgan fingerprint density at radius 1 is 1.16 bits per heavy atom. The van der Waals surface area contributed by atoms with Gasteiger partial charge in [-0.25, -0.2) is 4.79 Å². The Kier molecular flexibility index (Phi) is 4.58. The average Bonchev–Trinajstić information content (AvgIpc) is 2.65. The van der Waals surface area contributed by atoms with E-state index in [4.69, 9.17) is 4.74 Å². The highest BCUT2D eigenvalue weighted by atomic mass is 32.1. The Morgan fingerprint density at radius 2 is 1.84 bits per heavy atom. The molecule has 0 aliphatic heterocycles. The third-order valence-electron chi connectivity index (χ3n) is 3.35. The lowest BCUT2D eigenvalue weighted by molar-refractivity contribution is -0.114. The van der Waals surface area contributed by atoms with Crippen molar-refractivity contribution in [2.75, 3.05) is 12.4 Å². The number of aryl methyl sites for hydroxylation is 1. The Balaban J connectivity index is 2.44. The third kappa shape index (κ3) is 3.15. The molecule has 1 aromatic rings. The molecule has 1 N–H and O–H groups in total. The fraction of sp³-hybridized carbons (Fsp3) is 0.571. The van der Waals surface area contributed by atoms with Crippen molar-refractivity contribution in [2.24, 2.45) is 0 Å². The van der Waals surface area contributed by atoms with E-state index in [2.05, 4.69) is 5.32 Å². The highest BCUT2D eigenvalue weighted by Gasteiger charge is 2.25. The highest BCUT2D eigenvalue weighted by Crippen LogP contribution is 2.37. The molecule has 1 aliphatic carbocycles. The zero-order valence-electron chi connectivity index (χ0n) is 11.4. The summed E-state index contributed by atoms with van der Waals surface area (Å²) in [4.78, 5) is 24.5. The molecule has 0 unspecified atom stereocenters. The van der Waals surface area contributed by atoms with E-state index in [0.29, 0.717) is 10.6 Å². The van der Waals surface area contributed by atoms with Crippen molar-refractivity contribution in [1.82, 2.24) is 0 Å². The lowest BCUT2D eigenvalue weighted by Crippen LogP contribution is -2.11. The average molecular weight is 281 g/mol. The minimum absolute atomic E-state index is 0.153. The molecule has 0 saturated heterocycles. The van der Waals surface area contributed by atoms with Crippen molar-refractivity contribution in [3.63, 3.8) is 0 Å². The van der Waals surface area contributed by atoms with Crippen LogP contribution in [-0.4, -0.2) is 19.0 Å². The number of hydrogen-bond acceptors (Lipinski definition) is 4. The zero-order chi connectivity index (χ0) is 13.8. The molecule has 0 radical (unpaired) electrons. The third-order valence-corrected chi connectivity index (χ3v) is 4.56. The zero-order valence-corrected chi connectivity index (χ0v) is 12.2. The first-order valence-electron chi connectivity index (χ1n) is 6.64. The van der Waals surface area contributed by atoms with Crippen molar-refractivity contribution < 1.29 is 14.3 Å². The van der Waals surface area contributed by atoms with Gasteiger partial charge in [-0.15, -0.1) is 11.3 Å². The molecule has 0 fully saturated rings. The molecule has 0 spiro atoms. The second-order valence-electron chi connectivity index (χ2n) is 4.79. The first-order chi connectivity index (χ1) is 9.13. The van der Waals surface area contributed by atoms with Gasteiger partial charge in [-0.1, -0.05) is 12.8 Å². The molecule has 4 nitrogen and oxygen atoms in total. The molecule has 0 atom stereocenters. The van der Waals surface area contributed by atoms with Crippen LogP contribution in [-0.2, 0) is 22.4 Å². The van der Waals surface area contributed by atoms with Gasteiger partial charge in [0, 0.05) is 11.8 Å². The van der Waals surface area contributed by atoms with Crippen LogP contribution in [0.1, 0.15) is 53.4 Å². The number of carbonyl (C=O) groups is 2. The van der Waals surface area contributed by atoms with Crippen LogP contribution >= 0.6 is 11.3 Å². The van der Waals surface area contributed by atoms with Crippen molar-refractivity contribution in [3.05, 3.63) is 16.0 Å². The topological polar surface area (TPSA) is 55.4 Å². The summed E-state index contributed by atoms with van der Waals surface area (Å²) in [5.74, 6) is -0.499. The summed E-state index contributed by atoms with van der Waals surface area (Å²) in [6.07, 6.45) is 6.56. The predicted molar refractivity (Wildman–Crippen MR) is 75.8 cm³/mol. The molecule has 19 heavy (non-hydrogen) atoms. The lowest BCUT2D eigenvalue weighted by Gasteiger charge is -2.10. The van der Waals surface area contributed by atoms with Gasteiger partial charge in [0.25, 0.3) is 0 Å². The van der Waals surface area contributed by atoms with Crippen molar-refractivity contribution in [1.29, 1.82) is 0 Å². The van der Waals surface area contributed by atoms with E-state index in [1.165, 1.54) is 43.1 Å². The summed E-state index contributed by atoms with van der Waals surface area (Å²) < 4.78 is 4.87. The van der Waals surface area contributed by atoms with Gasteiger partial charge in [-0.05, 0) is 31.2 Å². The Labute approximate surface area is 117 Å². The van der Waals surface area contributed by atoms with Crippen molar-refractivity contribution in [2.45, 2.75) is 45.4 Å². The maximum Gasteiger partial charge on any atom is 0.341 e. The number of fused-ring (bicyclic) bond motifs is 1. The van der Waals surface area contributed by atoms with Gasteiger partial charge < -0.3 is 10.1 Å². The largest absolute Gasteiger partial charge is 0.465 e. The Bertz CT molecular complexity index is 493. The summed E-state index contributed by atoms with van der Waals surface area (Å²) in [7, 11) is 1.38. The van der Waals surface area contributed by atoms with Gasteiger partial charge in [0.2, 0.25) is 5.91 Å². The van der Waals surface area contributed by atoms with Crippen LogP contribution in [0.3, 0.4) is 0 Å². The van der Waals surface area contributed by atoms with Crippen LogP contribution in [0.5, 0.6) is 0 Å². The lowest BCUT2D eigenvalue weighted by atomic mass is 9.96. The number of esters is 1. The van der Waals surface area contributed by atoms with Gasteiger partial charge in [-0.3, -0.25) is 4.79 Å². The molecular weight excluding hydrogens is 262 g/mol. The van der Waals surface area contributed by atoms with E-state index in [1.807, 2.05) is 0 Å². The molecule has 104 valence electrons. The summed E-state index contributed by atoms with van der Waals surface area (Å²) in [5.41, 5.74) is 1.65. The maximum absolute atomic E-state index is 12.0. The van der Waals surface area contributed by atoms with Crippen LogP contribution in [0.25, 0.3) is 0 Å². The number of nitrogens with one attached hydrogen (secondary N) is 1. The second-order valence-corrected chi connectivity index (χ2v) is 5.90. The molecule has 1 aromatic heterocycles.